The van der Waals surface area contributed by atoms with Gasteiger partial charge in [0.25, 0.3) is 0 Å². The molecule has 0 aromatic heterocycles. The van der Waals surface area contributed by atoms with Crippen LogP contribution in [0.4, 0.5) is 0 Å². The van der Waals surface area contributed by atoms with Crippen molar-refractivity contribution in [3.8, 4) is 0 Å². The fraction of sp³-hybridized carbons (Fsp3) is 0.600. The van der Waals surface area contributed by atoms with E-state index < -0.39 is 10.0 Å². The Morgan fingerprint density at radius 1 is 1.25 bits per heavy atom. The number of sulfonamides is 1. The summed E-state index contributed by atoms with van der Waals surface area (Å²) in [7, 11) is -3.41. The van der Waals surface area contributed by atoms with Crippen LogP contribution in [-0.4, -0.2) is 25.8 Å². The van der Waals surface area contributed by atoms with Gasteiger partial charge in [0.15, 0.2) is 0 Å². The lowest BCUT2D eigenvalue weighted by atomic mass is 10.2. The highest BCUT2D eigenvalue weighted by Gasteiger charge is 2.32. The van der Waals surface area contributed by atoms with Crippen LogP contribution in [0.5, 0.6) is 0 Å². The monoisotopic (exact) mass is 315 g/mol. The van der Waals surface area contributed by atoms with E-state index in [0.717, 1.165) is 30.4 Å². The van der Waals surface area contributed by atoms with Crippen molar-refractivity contribution in [2.24, 2.45) is 5.92 Å². The molecule has 0 atom stereocenters. The summed E-state index contributed by atoms with van der Waals surface area (Å²) >= 11 is 6.06. The minimum atomic E-state index is -3.41. The summed E-state index contributed by atoms with van der Waals surface area (Å²) < 4.78 is 27.3. The molecule has 0 bridgehead atoms. The first-order chi connectivity index (χ1) is 9.36. The minimum Gasteiger partial charge on any atom is -0.207 e. The third kappa shape index (κ3) is 3.35. The van der Waals surface area contributed by atoms with Crippen LogP contribution in [0.25, 0.3) is 0 Å². The molecule has 0 saturated heterocycles. The molecule has 1 saturated carbocycles. The van der Waals surface area contributed by atoms with Gasteiger partial charge in [0.05, 0.1) is 4.90 Å². The first-order valence-electron chi connectivity index (χ1n) is 7.13. The summed E-state index contributed by atoms with van der Waals surface area (Å²) in [5.41, 5.74) is 1.52. The molecule has 0 heterocycles. The van der Waals surface area contributed by atoms with E-state index >= 15 is 0 Å². The number of benzene rings is 1. The van der Waals surface area contributed by atoms with E-state index in [1.165, 1.54) is 0 Å². The molecule has 1 aliphatic rings. The number of halogens is 1. The zero-order chi connectivity index (χ0) is 14.9. The Labute approximate surface area is 127 Å². The van der Waals surface area contributed by atoms with Crippen LogP contribution in [0.3, 0.4) is 0 Å². The number of hydrogen-bond donors (Lipinski definition) is 0. The second kappa shape index (κ2) is 6.04. The van der Waals surface area contributed by atoms with E-state index in [9.17, 15) is 8.42 Å². The molecule has 112 valence electrons. The number of rotatable bonds is 6. The fourth-order valence-corrected chi connectivity index (χ4v) is 4.44. The summed E-state index contributed by atoms with van der Waals surface area (Å²) in [6.07, 6.45) is 3.13. The van der Waals surface area contributed by atoms with Gasteiger partial charge in [0, 0.05) is 18.1 Å². The first-order valence-corrected chi connectivity index (χ1v) is 8.95. The highest BCUT2D eigenvalue weighted by Crippen LogP contribution is 2.33. The Balaban J connectivity index is 2.38. The Morgan fingerprint density at radius 2 is 1.90 bits per heavy atom. The van der Waals surface area contributed by atoms with E-state index in [-0.39, 0.29) is 0 Å². The van der Waals surface area contributed by atoms with E-state index in [0.29, 0.717) is 28.9 Å². The van der Waals surface area contributed by atoms with Crippen molar-refractivity contribution in [3.05, 3.63) is 28.3 Å². The van der Waals surface area contributed by atoms with Gasteiger partial charge in [0.1, 0.15) is 0 Å². The highest BCUT2D eigenvalue weighted by molar-refractivity contribution is 7.89. The average molecular weight is 316 g/mol. The van der Waals surface area contributed by atoms with E-state index in [1.54, 1.807) is 23.4 Å². The quantitative estimate of drug-likeness (QED) is 0.801. The Morgan fingerprint density at radius 3 is 2.45 bits per heavy atom. The molecule has 0 amide bonds. The molecule has 1 aromatic carbocycles. The Hall–Kier alpha value is -0.580. The molecule has 0 radical (unpaired) electrons. The van der Waals surface area contributed by atoms with E-state index in [1.807, 2.05) is 13.8 Å². The molecular formula is C15H22ClNO2S. The van der Waals surface area contributed by atoms with Crippen LogP contribution in [0.2, 0.25) is 5.02 Å². The summed E-state index contributed by atoms with van der Waals surface area (Å²) in [5.74, 6) is 0.546. The van der Waals surface area contributed by atoms with Crippen molar-refractivity contribution in [1.82, 2.24) is 4.31 Å². The van der Waals surface area contributed by atoms with Gasteiger partial charge in [-0.15, -0.1) is 0 Å². The van der Waals surface area contributed by atoms with Gasteiger partial charge >= 0.3 is 0 Å². The Kier molecular flexibility index (Phi) is 4.77. The van der Waals surface area contributed by atoms with Crippen molar-refractivity contribution >= 4 is 21.6 Å². The van der Waals surface area contributed by atoms with Crippen LogP contribution in [0.15, 0.2) is 17.0 Å². The number of aryl methyl sites for hydroxylation is 2. The van der Waals surface area contributed by atoms with E-state index in [2.05, 4.69) is 0 Å². The average Bonchev–Trinajstić information content (AvgIpc) is 3.17. The van der Waals surface area contributed by atoms with Gasteiger partial charge in [0.2, 0.25) is 10.0 Å². The lowest BCUT2D eigenvalue weighted by Crippen LogP contribution is -2.34. The number of hydrogen-bond acceptors (Lipinski definition) is 2. The third-order valence-corrected chi connectivity index (χ3v) is 6.12. The van der Waals surface area contributed by atoms with Gasteiger partial charge in [-0.25, -0.2) is 8.42 Å². The minimum absolute atomic E-state index is 0.397. The molecule has 3 nitrogen and oxygen atoms in total. The second-order valence-electron chi connectivity index (χ2n) is 5.67. The summed E-state index contributed by atoms with van der Waals surface area (Å²) in [6, 6.07) is 3.44. The predicted octanol–water partition coefficient (Wildman–Crippen LogP) is 3.77. The molecule has 20 heavy (non-hydrogen) atoms. The van der Waals surface area contributed by atoms with Crippen LogP contribution in [0, 0.1) is 19.8 Å². The molecule has 5 heteroatoms. The molecule has 0 N–H and O–H groups in total. The standard InChI is InChI=1S/C15H22ClNO2S/c1-4-7-17(10-13-5-6-13)20(18,19)15-9-11(2)14(16)8-12(15)3/h8-9,13H,4-7,10H2,1-3H3. The molecule has 2 rings (SSSR count). The largest absolute Gasteiger partial charge is 0.243 e. The first kappa shape index (κ1) is 15.8. The number of nitrogens with zero attached hydrogens (tertiary/aromatic N) is 1. The van der Waals surface area contributed by atoms with Gasteiger partial charge in [-0.1, -0.05) is 18.5 Å². The zero-order valence-electron chi connectivity index (χ0n) is 12.3. The SMILES string of the molecule is CCCN(CC1CC1)S(=O)(=O)c1cc(C)c(Cl)cc1C. The normalized spacial score (nSPS) is 15.8. The fourth-order valence-electron chi connectivity index (χ4n) is 2.32. The molecule has 1 aromatic rings. The van der Waals surface area contributed by atoms with Crippen molar-refractivity contribution in [2.45, 2.75) is 44.9 Å². The highest BCUT2D eigenvalue weighted by atomic mass is 35.5. The van der Waals surface area contributed by atoms with Gasteiger partial charge in [-0.05, 0) is 62.3 Å². The second-order valence-corrected chi connectivity index (χ2v) is 7.99. The maximum atomic E-state index is 12.9. The van der Waals surface area contributed by atoms with Crippen LogP contribution in [-0.2, 0) is 10.0 Å². The van der Waals surface area contributed by atoms with Crippen molar-refractivity contribution in [3.63, 3.8) is 0 Å². The van der Waals surface area contributed by atoms with Crippen molar-refractivity contribution < 1.29 is 8.42 Å². The van der Waals surface area contributed by atoms with Crippen LogP contribution in [0.1, 0.15) is 37.3 Å². The van der Waals surface area contributed by atoms with Crippen LogP contribution >= 0.6 is 11.6 Å². The molecule has 1 fully saturated rings. The molecule has 0 aliphatic heterocycles. The van der Waals surface area contributed by atoms with E-state index in [4.69, 9.17) is 11.6 Å². The smallest absolute Gasteiger partial charge is 0.207 e. The van der Waals surface area contributed by atoms with Crippen LogP contribution < -0.4 is 0 Å². The van der Waals surface area contributed by atoms with Crippen molar-refractivity contribution in [1.29, 1.82) is 0 Å². The summed E-state index contributed by atoms with van der Waals surface area (Å²) in [6.45, 7) is 6.89. The van der Waals surface area contributed by atoms with Gasteiger partial charge in [-0.3, -0.25) is 0 Å². The Bertz CT molecular complexity index is 594. The summed E-state index contributed by atoms with van der Waals surface area (Å²) in [5, 5.41) is 0.616. The maximum Gasteiger partial charge on any atom is 0.243 e. The third-order valence-electron chi connectivity index (χ3n) is 3.71. The molecule has 0 spiro atoms. The maximum absolute atomic E-state index is 12.9. The zero-order valence-corrected chi connectivity index (χ0v) is 13.9. The molecular weight excluding hydrogens is 294 g/mol. The molecule has 1 aliphatic carbocycles. The van der Waals surface area contributed by atoms with Gasteiger partial charge < -0.3 is 0 Å². The lowest BCUT2D eigenvalue weighted by molar-refractivity contribution is 0.395. The summed E-state index contributed by atoms with van der Waals surface area (Å²) in [4.78, 5) is 0.397. The molecule has 0 unspecified atom stereocenters. The lowest BCUT2D eigenvalue weighted by Gasteiger charge is -2.23. The predicted molar refractivity (Wildman–Crippen MR) is 82.7 cm³/mol. The topological polar surface area (TPSA) is 37.4 Å². The van der Waals surface area contributed by atoms with Gasteiger partial charge in [-0.2, -0.15) is 4.31 Å². The van der Waals surface area contributed by atoms with Crippen molar-refractivity contribution in [2.75, 3.05) is 13.1 Å².